The van der Waals surface area contributed by atoms with Crippen LogP contribution in [0.1, 0.15) is 21.5 Å². The molecule has 0 fully saturated rings. The van der Waals surface area contributed by atoms with Gasteiger partial charge >= 0.3 is 0 Å². The number of aromatic nitrogens is 2. The SMILES string of the molecule is COc1ccc2cc(CNC(=O)c3cnc4ccc(C)cn4c3=O)ccc2c1. The fourth-order valence-corrected chi connectivity index (χ4v) is 3.13. The molecular weight excluding hydrogens is 354 g/mol. The van der Waals surface area contributed by atoms with Gasteiger partial charge in [-0.3, -0.25) is 14.0 Å². The first kappa shape index (κ1) is 17.7. The van der Waals surface area contributed by atoms with Gasteiger partial charge in [0.1, 0.15) is 17.0 Å². The summed E-state index contributed by atoms with van der Waals surface area (Å²) in [6.07, 6.45) is 3.01. The number of nitrogens with zero attached hydrogens (tertiary/aromatic N) is 2. The van der Waals surface area contributed by atoms with Crippen molar-refractivity contribution in [1.29, 1.82) is 0 Å². The minimum atomic E-state index is -0.441. The Balaban J connectivity index is 1.56. The molecule has 2 aromatic carbocycles. The third kappa shape index (κ3) is 3.32. The maximum Gasteiger partial charge on any atom is 0.270 e. The van der Waals surface area contributed by atoms with E-state index in [0.717, 1.165) is 27.6 Å². The molecule has 0 atom stereocenters. The van der Waals surface area contributed by atoms with Crippen LogP contribution in [0.4, 0.5) is 0 Å². The van der Waals surface area contributed by atoms with Gasteiger partial charge in [0.05, 0.1) is 7.11 Å². The Morgan fingerprint density at radius 2 is 1.89 bits per heavy atom. The van der Waals surface area contributed by atoms with Crippen LogP contribution < -0.4 is 15.6 Å². The highest BCUT2D eigenvalue weighted by atomic mass is 16.5. The van der Waals surface area contributed by atoms with Gasteiger partial charge in [0.2, 0.25) is 0 Å². The number of carbonyl (C=O) groups excluding carboxylic acids is 1. The maximum atomic E-state index is 12.6. The zero-order valence-corrected chi connectivity index (χ0v) is 15.6. The molecule has 1 amide bonds. The topological polar surface area (TPSA) is 72.7 Å². The van der Waals surface area contributed by atoms with Crippen LogP contribution in [0.2, 0.25) is 0 Å². The third-order valence-corrected chi connectivity index (χ3v) is 4.66. The molecule has 0 aliphatic heterocycles. The number of amides is 1. The highest BCUT2D eigenvalue weighted by molar-refractivity contribution is 5.93. The van der Waals surface area contributed by atoms with Crippen LogP contribution in [0.25, 0.3) is 16.4 Å². The second kappa shape index (κ2) is 7.15. The van der Waals surface area contributed by atoms with E-state index >= 15 is 0 Å². The fraction of sp³-hybridized carbons (Fsp3) is 0.136. The summed E-state index contributed by atoms with van der Waals surface area (Å²) in [7, 11) is 1.64. The number of fused-ring (bicyclic) bond motifs is 2. The van der Waals surface area contributed by atoms with E-state index in [2.05, 4.69) is 10.3 Å². The first-order valence-electron chi connectivity index (χ1n) is 8.88. The molecule has 0 spiro atoms. The van der Waals surface area contributed by atoms with Gasteiger partial charge in [-0.15, -0.1) is 0 Å². The normalized spacial score (nSPS) is 10.9. The van der Waals surface area contributed by atoms with Gasteiger partial charge in [0.25, 0.3) is 11.5 Å². The summed E-state index contributed by atoms with van der Waals surface area (Å²) < 4.78 is 6.63. The van der Waals surface area contributed by atoms with Gasteiger partial charge in [-0.2, -0.15) is 0 Å². The Morgan fingerprint density at radius 3 is 2.71 bits per heavy atom. The molecule has 4 aromatic rings. The molecule has 0 aliphatic rings. The van der Waals surface area contributed by atoms with Crippen LogP contribution in [0.15, 0.2) is 65.7 Å². The summed E-state index contributed by atoms with van der Waals surface area (Å²) in [4.78, 5) is 29.4. The molecule has 6 heteroatoms. The Kier molecular flexibility index (Phi) is 4.53. The molecule has 0 unspecified atom stereocenters. The van der Waals surface area contributed by atoms with E-state index in [1.807, 2.05) is 49.4 Å². The Hall–Kier alpha value is -3.67. The Labute approximate surface area is 161 Å². The van der Waals surface area contributed by atoms with Crippen LogP contribution in [0, 0.1) is 6.92 Å². The van der Waals surface area contributed by atoms with Gasteiger partial charge in [0.15, 0.2) is 0 Å². The minimum Gasteiger partial charge on any atom is -0.497 e. The monoisotopic (exact) mass is 373 g/mol. The molecule has 140 valence electrons. The van der Waals surface area contributed by atoms with Gasteiger partial charge in [-0.1, -0.05) is 24.3 Å². The van der Waals surface area contributed by atoms with Crippen molar-refractivity contribution < 1.29 is 9.53 Å². The highest BCUT2D eigenvalue weighted by Gasteiger charge is 2.13. The molecule has 2 aromatic heterocycles. The zero-order chi connectivity index (χ0) is 19.7. The molecule has 6 nitrogen and oxygen atoms in total. The molecule has 28 heavy (non-hydrogen) atoms. The number of methoxy groups -OCH3 is 1. The predicted molar refractivity (Wildman–Crippen MR) is 108 cm³/mol. The lowest BCUT2D eigenvalue weighted by molar-refractivity contribution is 0.0949. The summed E-state index contributed by atoms with van der Waals surface area (Å²) in [6.45, 7) is 2.20. The van der Waals surface area contributed by atoms with E-state index in [1.165, 1.54) is 10.6 Å². The molecular formula is C22H19N3O3. The first-order chi connectivity index (χ1) is 13.5. The first-order valence-corrected chi connectivity index (χ1v) is 8.88. The van der Waals surface area contributed by atoms with Gasteiger partial charge < -0.3 is 10.1 Å². The molecule has 0 saturated heterocycles. The van der Waals surface area contributed by atoms with Crippen LogP contribution in [-0.2, 0) is 6.54 Å². The number of hydrogen-bond acceptors (Lipinski definition) is 4. The molecule has 1 N–H and O–H groups in total. The van der Waals surface area contributed by atoms with E-state index < -0.39 is 5.91 Å². The smallest absolute Gasteiger partial charge is 0.270 e. The number of hydrogen-bond donors (Lipinski definition) is 1. The van der Waals surface area contributed by atoms with Crippen molar-refractivity contribution in [2.24, 2.45) is 0 Å². The van der Waals surface area contributed by atoms with Crippen LogP contribution >= 0.6 is 0 Å². The predicted octanol–water partition coefficient (Wildman–Crippen LogP) is 3.09. The number of carbonyl (C=O) groups is 1. The van der Waals surface area contributed by atoms with E-state index in [-0.39, 0.29) is 11.1 Å². The zero-order valence-electron chi connectivity index (χ0n) is 15.6. The number of rotatable bonds is 4. The average Bonchev–Trinajstić information content (AvgIpc) is 2.72. The van der Waals surface area contributed by atoms with Crippen molar-refractivity contribution in [2.75, 3.05) is 7.11 Å². The number of benzene rings is 2. The number of pyridine rings is 1. The molecule has 0 aliphatic carbocycles. The van der Waals surface area contributed by atoms with Crippen LogP contribution in [0.3, 0.4) is 0 Å². The van der Waals surface area contributed by atoms with Crippen molar-refractivity contribution in [3.05, 3.63) is 88.0 Å². The lowest BCUT2D eigenvalue weighted by atomic mass is 10.1. The molecule has 4 rings (SSSR count). The summed E-state index contributed by atoms with van der Waals surface area (Å²) in [6, 6.07) is 15.4. The van der Waals surface area contributed by atoms with Gasteiger partial charge in [-0.05, 0) is 53.1 Å². The van der Waals surface area contributed by atoms with Crippen molar-refractivity contribution in [3.8, 4) is 5.75 Å². The Morgan fingerprint density at radius 1 is 1.11 bits per heavy atom. The van der Waals surface area contributed by atoms with Gasteiger partial charge in [-0.25, -0.2) is 4.98 Å². The third-order valence-electron chi connectivity index (χ3n) is 4.66. The van der Waals surface area contributed by atoms with Gasteiger partial charge in [0, 0.05) is 18.9 Å². The van der Waals surface area contributed by atoms with Crippen molar-refractivity contribution in [1.82, 2.24) is 14.7 Å². The number of aryl methyl sites for hydroxylation is 1. The summed E-state index contributed by atoms with van der Waals surface area (Å²) >= 11 is 0. The van der Waals surface area contributed by atoms with Crippen molar-refractivity contribution in [3.63, 3.8) is 0 Å². The van der Waals surface area contributed by atoms with Crippen LogP contribution in [-0.4, -0.2) is 22.4 Å². The van der Waals surface area contributed by atoms with E-state index in [9.17, 15) is 9.59 Å². The van der Waals surface area contributed by atoms with E-state index in [4.69, 9.17) is 4.74 Å². The van der Waals surface area contributed by atoms with E-state index in [1.54, 1.807) is 19.4 Å². The molecule has 0 radical (unpaired) electrons. The second-order valence-corrected chi connectivity index (χ2v) is 6.64. The lowest BCUT2D eigenvalue weighted by Crippen LogP contribution is -2.31. The average molecular weight is 373 g/mol. The summed E-state index contributed by atoms with van der Waals surface area (Å²) in [5, 5.41) is 4.91. The largest absolute Gasteiger partial charge is 0.497 e. The molecule has 2 heterocycles. The minimum absolute atomic E-state index is 0.0219. The Bertz CT molecular complexity index is 1260. The highest BCUT2D eigenvalue weighted by Crippen LogP contribution is 2.21. The fourth-order valence-electron chi connectivity index (χ4n) is 3.13. The second-order valence-electron chi connectivity index (χ2n) is 6.64. The van der Waals surface area contributed by atoms with Crippen molar-refractivity contribution in [2.45, 2.75) is 13.5 Å². The van der Waals surface area contributed by atoms with Crippen LogP contribution in [0.5, 0.6) is 5.75 Å². The maximum absolute atomic E-state index is 12.6. The summed E-state index contributed by atoms with van der Waals surface area (Å²) in [5.74, 6) is 0.358. The quantitative estimate of drug-likeness (QED) is 0.597. The standard InChI is InChI=1S/C22H19N3O3/c1-14-3-8-20-23-12-19(22(27)25(20)13-14)21(26)24-11-15-4-5-17-10-18(28-2)7-6-16(17)9-15/h3-10,12-13H,11H2,1-2H3,(H,24,26). The van der Waals surface area contributed by atoms with Crippen molar-refractivity contribution >= 4 is 22.3 Å². The van der Waals surface area contributed by atoms with E-state index in [0.29, 0.717) is 12.2 Å². The molecule has 0 bridgehead atoms. The molecule has 0 saturated carbocycles. The lowest BCUT2D eigenvalue weighted by Gasteiger charge is -2.08. The number of ether oxygens (including phenoxy) is 1. The summed E-state index contributed by atoms with van der Waals surface area (Å²) in [5.41, 5.74) is 2.01. The number of nitrogens with one attached hydrogen (secondary N) is 1.